The molecule has 3 heterocycles. The molecule has 0 saturated carbocycles. The van der Waals surface area contributed by atoms with Gasteiger partial charge in [0, 0.05) is 37.9 Å². The second-order valence-electron chi connectivity index (χ2n) is 14.4. The predicted molar refractivity (Wildman–Crippen MR) is 176 cm³/mol. The molecule has 5 N–H and O–H groups in total. The summed E-state index contributed by atoms with van der Waals surface area (Å²) in [7, 11) is 0. The van der Waals surface area contributed by atoms with E-state index in [1.165, 1.54) is 6.20 Å². The van der Waals surface area contributed by atoms with E-state index >= 15 is 0 Å². The zero-order chi connectivity index (χ0) is 34.9. The lowest BCUT2D eigenvalue weighted by atomic mass is 9.72. The molecule has 47 heavy (non-hydrogen) atoms. The van der Waals surface area contributed by atoms with Crippen LogP contribution in [0.3, 0.4) is 0 Å². The molecule has 0 spiro atoms. The number of pyridine rings is 1. The molecule has 1 aliphatic rings. The van der Waals surface area contributed by atoms with Crippen LogP contribution in [0, 0.1) is 11.3 Å². The number of aromatic nitrogens is 3. The summed E-state index contributed by atoms with van der Waals surface area (Å²) in [4.78, 5) is 60.6. The van der Waals surface area contributed by atoms with Crippen molar-refractivity contribution < 1.29 is 33.8 Å². The van der Waals surface area contributed by atoms with Crippen LogP contribution in [-0.2, 0) is 32.0 Å². The highest BCUT2D eigenvalue weighted by molar-refractivity contribution is 5.89. The molecule has 0 aromatic carbocycles. The van der Waals surface area contributed by atoms with Crippen molar-refractivity contribution in [2.24, 2.45) is 11.3 Å². The molecule has 0 radical (unpaired) electrons. The third-order valence-electron chi connectivity index (χ3n) is 7.70. The summed E-state index contributed by atoms with van der Waals surface area (Å²) < 4.78 is 13.0. The van der Waals surface area contributed by atoms with Crippen LogP contribution >= 0.6 is 0 Å². The van der Waals surface area contributed by atoms with Gasteiger partial charge in [0.1, 0.15) is 23.5 Å². The molecular weight excluding hydrogens is 606 g/mol. The van der Waals surface area contributed by atoms with Gasteiger partial charge in [-0.25, -0.2) is 24.4 Å². The number of amides is 4. The highest BCUT2D eigenvalue weighted by Crippen LogP contribution is 2.38. The van der Waals surface area contributed by atoms with Crippen molar-refractivity contribution in [2.45, 2.75) is 111 Å². The quantitative estimate of drug-likeness (QED) is 0.293. The Morgan fingerprint density at radius 1 is 1.11 bits per heavy atom. The number of hydrogen-bond donors (Lipinski definition) is 5. The Balaban J connectivity index is 1.83. The number of imidazole rings is 1. The molecule has 4 atom stereocenters. The Morgan fingerprint density at radius 2 is 1.83 bits per heavy atom. The molecule has 2 aromatic heterocycles. The first-order valence-corrected chi connectivity index (χ1v) is 16.1. The fourth-order valence-electron chi connectivity index (χ4n) is 5.34. The molecule has 260 valence electrons. The van der Waals surface area contributed by atoms with Crippen molar-refractivity contribution in [2.75, 3.05) is 18.5 Å². The first-order valence-electron chi connectivity index (χ1n) is 16.1. The second-order valence-corrected chi connectivity index (χ2v) is 14.4. The van der Waals surface area contributed by atoms with Crippen LogP contribution in [0.5, 0.6) is 0 Å². The number of anilines is 1. The lowest BCUT2D eigenvalue weighted by Gasteiger charge is -2.36. The monoisotopic (exact) mass is 657 g/mol. The summed E-state index contributed by atoms with van der Waals surface area (Å²) >= 11 is 0. The van der Waals surface area contributed by atoms with E-state index in [-0.39, 0.29) is 24.2 Å². The minimum atomic E-state index is -1.39. The maximum Gasteiger partial charge on any atom is 0.413 e. The number of carbonyl (C=O) groups is 4. The molecule has 3 rings (SSSR count). The van der Waals surface area contributed by atoms with Crippen molar-refractivity contribution in [1.82, 2.24) is 30.5 Å². The zero-order valence-electron chi connectivity index (χ0n) is 28.8. The highest BCUT2D eigenvalue weighted by atomic mass is 16.6. The second kappa shape index (κ2) is 16.1. The summed E-state index contributed by atoms with van der Waals surface area (Å²) in [5.41, 5.74) is -0.201. The SMILES string of the molecule is CC(C)[C@H]1COCCCCn2cnc(c2)C[C@@H](NC(=O)NC(C(=O)O)C(c2ccc(NC(=O)OC(C)(C)C)nc2)C(C)(C)C)C(=O)N1. The number of hydrogen-bond acceptors (Lipinski definition) is 8. The van der Waals surface area contributed by atoms with Gasteiger partial charge in [0.2, 0.25) is 5.91 Å². The summed E-state index contributed by atoms with van der Waals surface area (Å²) in [6, 6.07) is -0.331. The van der Waals surface area contributed by atoms with Crippen molar-refractivity contribution in [3.63, 3.8) is 0 Å². The van der Waals surface area contributed by atoms with Gasteiger partial charge in [0.15, 0.2) is 0 Å². The number of nitrogens with one attached hydrogen (secondary N) is 4. The Labute approximate surface area is 276 Å². The Bertz CT molecular complexity index is 1360. The molecule has 0 fully saturated rings. The maximum atomic E-state index is 13.6. The van der Waals surface area contributed by atoms with Crippen LogP contribution < -0.4 is 21.3 Å². The number of aliphatic carboxylic acids is 1. The lowest BCUT2D eigenvalue weighted by molar-refractivity contribution is -0.140. The Kier molecular flexibility index (Phi) is 12.7. The van der Waals surface area contributed by atoms with E-state index in [1.807, 2.05) is 45.4 Å². The maximum absolute atomic E-state index is 13.6. The molecule has 0 aliphatic carbocycles. The Hall–Kier alpha value is -4.20. The average molecular weight is 658 g/mol. The van der Waals surface area contributed by atoms with Gasteiger partial charge in [-0.1, -0.05) is 40.7 Å². The summed E-state index contributed by atoms with van der Waals surface area (Å²) in [5.74, 6) is -2.14. The lowest BCUT2D eigenvalue weighted by Crippen LogP contribution is -2.58. The van der Waals surface area contributed by atoms with Crippen LogP contribution in [-0.4, -0.2) is 80.6 Å². The molecule has 2 aromatic rings. The van der Waals surface area contributed by atoms with Crippen LogP contribution in [0.1, 0.15) is 85.4 Å². The highest BCUT2D eigenvalue weighted by Gasteiger charge is 2.40. The van der Waals surface area contributed by atoms with E-state index in [2.05, 4.69) is 31.2 Å². The Morgan fingerprint density at radius 3 is 2.43 bits per heavy atom. The number of carboxylic acids is 1. The van der Waals surface area contributed by atoms with Crippen molar-refractivity contribution >= 4 is 29.8 Å². The van der Waals surface area contributed by atoms with Gasteiger partial charge in [-0.3, -0.25) is 10.1 Å². The summed E-state index contributed by atoms with van der Waals surface area (Å²) in [6.45, 7) is 16.4. The van der Waals surface area contributed by atoms with E-state index in [9.17, 15) is 24.3 Å². The number of aryl methyl sites for hydroxylation is 1. The number of rotatable bonds is 7. The standard InChI is InChI=1S/C33H51N7O7/c1-20(2)24-18-46-14-10-9-13-40-17-22(35-19-40)15-23(28(41)36-24)37-30(44)39-27(29(42)43)26(32(3,4)5)21-11-12-25(34-16-21)38-31(45)47-33(6,7)8/h11-12,16-17,19-20,23-24,26-27H,9-10,13-15,18H2,1-8H3,(H,36,41)(H,42,43)(H,34,38,45)(H2,37,39,44)/t23-,24-,26?,27?/m1/s1. The van der Waals surface area contributed by atoms with E-state index < -0.39 is 53.0 Å². The van der Waals surface area contributed by atoms with Crippen LogP contribution in [0.2, 0.25) is 0 Å². The van der Waals surface area contributed by atoms with Gasteiger partial charge in [-0.2, -0.15) is 0 Å². The molecule has 2 bridgehead atoms. The van der Waals surface area contributed by atoms with Gasteiger partial charge >= 0.3 is 18.1 Å². The van der Waals surface area contributed by atoms with E-state index in [1.54, 1.807) is 39.2 Å². The average Bonchev–Trinajstić information content (AvgIpc) is 3.39. The largest absolute Gasteiger partial charge is 0.480 e. The smallest absolute Gasteiger partial charge is 0.413 e. The number of nitrogens with zero attached hydrogens (tertiary/aromatic N) is 3. The topological polar surface area (TPSA) is 186 Å². The van der Waals surface area contributed by atoms with Crippen molar-refractivity contribution in [3.8, 4) is 0 Å². The fourth-order valence-corrected chi connectivity index (χ4v) is 5.34. The minimum Gasteiger partial charge on any atom is -0.480 e. The van der Waals surface area contributed by atoms with E-state index in [0.717, 1.165) is 19.4 Å². The third-order valence-corrected chi connectivity index (χ3v) is 7.70. The van der Waals surface area contributed by atoms with Crippen molar-refractivity contribution in [1.29, 1.82) is 0 Å². The first kappa shape index (κ1) is 37.3. The first-order chi connectivity index (χ1) is 21.9. The number of carboxylic acid groups (broad SMARTS) is 1. The predicted octanol–water partition coefficient (Wildman–Crippen LogP) is 4.07. The third kappa shape index (κ3) is 11.8. The number of carbonyl (C=O) groups excluding carboxylic acids is 3. The normalized spacial score (nSPS) is 19.5. The van der Waals surface area contributed by atoms with Crippen LogP contribution in [0.25, 0.3) is 0 Å². The molecule has 0 saturated heterocycles. The van der Waals surface area contributed by atoms with Gasteiger partial charge in [-0.05, 0) is 56.6 Å². The minimum absolute atomic E-state index is 0.0730. The summed E-state index contributed by atoms with van der Waals surface area (Å²) in [6.07, 6.45) is 6.22. The molecule has 14 nitrogen and oxygen atoms in total. The number of fused-ring (bicyclic) bond motifs is 2. The van der Waals surface area contributed by atoms with Gasteiger partial charge in [0.05, 0.1) is 24.7 Å². The number of urea groups is 1. The van der Waals surface area contributed by atoms with E-state index in [0.29, 0.717) is 24.5 Å². The molecule has 4 amide bonds. The molecule has 14 heteroatoms. The van der Waals surface area contributed by atoms with Crippen LogP contribution in [0.15, 0.2) is 30.9 Å². The van der Waals surface area contributed by atoms with Gasteiger partial charge in [0.25, 0.3) is 0 Å². The fraction of sp³-hybridized carbons (Fsp3) is 0.636. The summed E-state index contributed by atoms with van der Waals surface area (Å²) in [5, 5.41) is 21.2. The molecule has 1 aliphatic heterocycles. The van der Waals surface area contributed by atoms with Crippen LogP contribution in [0.4, 0.5) is 15.4 Å². The van der Waals surface area contributed by atoms with E-state index in [4.69, 9.17) is 9.47 Å². The van der Waals surface area contributed by atoms with Gasteiger partial charge in [-0.15, -0.1) is 0 Å². The number of ether oxygens (including phenoxy) is 2. The van der Waals surface area contributed by atoms with Gasteiger partial charge < -0.3 is 35.1 Å². The van der Waals surface area contributed by atoms with Crippen molar-refractivity contribution in [3.05, 3.63) is 42.1 Å². The molecule has 2 unspecified atom stereocenters. The molecular formula is C33H51N7O7. The zero-order valence-corrected chi connectivity index (χ0v) is 28.8.